The zero-order chi connectivity index (χ0) is 13.9. The van der Waals surface area contributed by atoms with Gasteiger partial charge in [0.1, 0.15) is 5.60 Å². The molecule has 1 heterocycles. The van der Waals surface area contributed by atoms with E-state index in [-0.39, 0.29) is 11.4 Å². The van der Waals surface area contributed by atoms with Crippen LogP contribution in [0, 0.1) is 0 Å². The first-order valence-corrected chi connectivity index (χ1v) is 6.20. The maximum atomic E-state index is 12.2. The smallest absolute Gasteiger partial charge is 0.213 e. The molecule has 0 spiro atoms. The summed E-state index contributed by atoms with van der Waals surface area (Å²) in [5.41, 5.74) is 0.930. The first kappa shape index (κ1) is 13.3. The molecule has 1 aromatic carbocycles. The Morgan fingerprint density at radius 3 is 2.21 bits per heavy atom. The van der Waals surface area contributed by atoms with Crippen LogP contribution in [0.4, 0.5) is 0 Å². The summed E-state index contributed by atoms with van der Waals surface area (Å²) in [4.78, 5) is 16.3. The van der Waals surface area contributed by atoms with Crippen LogP contribution in [-0.4, -0.2) is 16.4 Å². The van der Waals surface area contributed by atoms with E-state index in [1.807, 2.05) is 39.0 Å². The minimum atomic E-state index is -0.294. The molecule has 0 unspecified atom stereocenters. The maximum Gasteiger partial charge on any atom is 0.213 e. The molecule has 0 atom stereocenters. The lowest BCUT2D eigenvalue weighted by molar-refractivity contribution is 0.103. The van der Waals surface area contributed by atoms with Gasteiger partial charge in [0.25, 0.3) is 0 Å². The van der Waals surface area contributed by atoms with Gasteiger partial charge in [-0.25, -0.2) is 4.98 Å². The van der Waals surface area contributed by atoms with E-state index in [1.54, 1.807) is 30.5 Å². The van der Waals surface area contributed by atoms with Crippen molar-refractivity contribution in [2.75, 3.05) is 0 Å². The van der Waals surface area contributed by atoms with Gasteiger partial charge in [0.2, 0.25) is 5.88 Å². The quantitative estimate of drug-likeness (QED) is 0.788. The molecule has 0 N–H and O–H groups in total. The monoisotopic (exact) mass is 255 g/mol. The lowest BCUT2D eigenvalue weighted by Gasteiger charge is -2.20. The van der Waals surface area contributed by atoms with Crippen molar-refractivity contribution in [1.29, 1.82) is 0 Å². The van der Waals surface area contributed by atoms with Gasteiger partial charge in [0, 0.05) is 23.4 Å². The molecule has 0 aliphatic carbocycles. The lowest BCUT2D eigenvalue weighted by Crippen LogP contribution is -2.23. The van der Waals surface area contributed by atoms with E-state index in [0.29, 0.717) is 17.0 Å². The van der Waals surface area contributed by atoms with E-state index >= 15 is 0 Å². The number of carbonyl (C=O) groups excluding carboxylic acids is 1. The molecule has 0 amide bonds. The maximum absolute atomic E-state index is 12.2. The second-order valence-corrected chi connectivity index (χ2v) is 5.29. The summed E-state index contributed by atoms with van der Waals surface area (Å²) in [7, 11) is 0. The van der Waals surface area contributed by atoms with E-state index in [0.717, 1.165) is 0 Å². The first-order valence-electron chi connectivity index (χ1n) is 6.20. The minimum absolute atomic E-state index is 0.0320. The van der Waals surface area contributed by atoms with Crippen LogP contribution >= 0.6 is 0 Å². The van der Waals surface area contributed by atoms with Crippen molar-refractivity contribution in [3.05, 3.63) is 59.8 Å². The standard InChI is InChI=1S/C16H17NO2/c1-16(2,3)19-14-10-9-13(11-17-14)15(18)12-7-5-4-6-8-12/h4-11H,1-3H3. The van der Waals surface area contributed by atoms with Crippen LogP contribution in [0.15, 0.2) is 48.7 Å². The molecule has 0 radical (unpaired) electrons. The molecule has 2 aromatic rings. The number of ketones is 1. The fourth-order valence-electron chi connectivity index (χ4n) is 1.64. The van der Waals surface area contributed by atoms with Gasteiger partial charge in [-0.3, -0.25) is 4.79 Å². The Kier molecular flexibility index (Phi) is 3.65. The molecule has 0 bridgehead atoms. The van der Waals surface area contributed by atoms with Gasteiger partial charge in [-0.05, 0) is 26.8 Å². The average Bonchev–Trinajstić information content (AvgIpc) is 2.38. The number of ether oxygens (including phenoxy) is 1. The highest BCUT2D eigenvalue weighted by Gasteiger charge is 2.14. The van der Waals surface area contributed by atoms with E-state index < -0.39 is 0 Å². The molecule has 3 heteroatoms. The predicted molar refractivity (Wildman–Crippen MR) is 74.5 cm³/mol. The van der Waals surface area contributed by atoms with Crippen LogP contribution in [0.25, 0.3) is 0 Å². The molecule has 1 aromatic heterocycles. The molecule has 98 valence electrons. The van der Waals surface area contributed by atoms with Crippen molar-refractivity contribution >= 4 is 5.78 Å². The van der Waals surface area contributed by atoms with Gasteiger partial charge >= 0.3 is 0 Å². The molecule has 0 aliphatic rings. The summed E-state index contributed by atoms with van der Waals surface area (Å²) in [6.45, 7) is 5.87. The summed E-state index contributed by atoms with van der Waals surface area (Å²) >= 11 is 0. The topological polar surface area (TPSA) is 39.2 Å². The zero-order valence-electron chi connectivity index (χ0n) is 11.4. The molecule has 19 heavy (non-hydrogen) atoms. The van der Waals surface area contributed by atoms with Crippen LogP contribution in [0.2, 0.25) is 0 Å². The number of pyridine rings is 1. The molecule has 0 aliphatic heterocycles. The number of carbonyl (C=O) groups is 1. The van der Waals surface area contributed by atoms with Crippen LogP contribution in [0.3, 0.4) is 0 Å². The van der Waals surface area contributed by atoms with Gasteiger partial charge in [-0.15, -0.1) is 0 Å². The summed E-state index contributed by atoms with van der Waals surface area (Å²) in [6, 6.07) is 12.6. The third-order valence-electron chi connectivity index (χ3n) is 2.45. The third-order valence-corrected chi connectivity index (χ3v) is 2.45. The van der Waals surface area contributed by atoms with E-state index in [9.17, 15) is 4.79 Å². The predicted octanol–water partition coefficient (Wildman–Crippen LogP) is 3.49. The van der Waals surface area contributed by atoms with Gasteiger partial charge in [0.15, 0.2) is 5.78 Å². The van der Waals surface area contributed by atoms with Gasteiger partial charge in [0.05, 0.1) is 0 Å². The van der Waals surface area contributed by atoms with Crippen LogP contribution in [0.1, 0.15) is 36.7 Å². The second-order valence-electron chi connectivity index (χ2n) is 5.29. The normalized spacial score (nSPS) is 11.1. The highest BCUT2D eigenvalue weighted by molar-refractivity contribution is 6.08. The Hall–Kier alpha value is -2.16. The number of hydrogen-bond donors (Lipinski definition) is 0. The van der Waals surface area contributed by atoms with Gasteiger partial charge in [-0.2, -0.15) is 0 Å². The number of aromatic nitrogens is 1. The summed E-state index contributed by atoms with van der Waals surface area (Å²) < 4.78 is 5.62. The molecule has 0 saturated heterocycles. The fourth-order valence-corrected chi connectivity index (χ4v) is 1.64. The zero-order valence-corrected chi connectivity index (χ0v) is 11.4. The van der Waals surface area contributed by atoms with Crippen molar-refractivity contribution in [1.82, 2.24) is 4.98 Å². The molecule has 0 saturated carbocycles. The largest absolute Gasteiger partial charge is 0.472 e. The SMILES string of the molecule is CC(C)(C)Oc1ccc(C(=O)c2ccccc2)cn1. The molecular formula is C16H17NO2. The minimum Gasteiger partial charge on any atom is -0.472 e. The van der Waals surface area contributed by atoms with Crippen molar-refractivity contribution in [2.24, 2.45) is 0 Å². The summed E-state index contributed by atoms with van der Waals surface area (Å²) in [6.07, 6.45) is 1.55. The Labute approximate surface area is 113 Å². The lowest BCUT2D eigenvalue weighted by atomic mass is 10.1. The number of rotatable bonds is 3. The van der Waals surface area contributed by atoms with Crippen LogP contribution < -0.4 is 4.74 Å². The van der Waals surface area contributed by atoms with Crippen molar-refractivity contribution in [3.8, 4) is 5.88 Å². The number of benzene rings is 1. The van der Waals surface area contributed by atoms with Crippen molar-refractivity contribution in [3.63, 3.8) is 0 Å². The summed E-state index contributed by atoms with van der Waals surface area (Å²) in [5, 5.41) is 0. The van der Waals surface area contributed by atoms with Crippen molar-refractivity contribution in [2.45, 2.75) is 26.4 Å². The highest BCUT2D eigenvalue weighted by Crippen LogP contribution is 2.16. The van der Waals surface area contributed by atoms with E-state index in [1.165, 1.54) is 0 Å². The molecule has 3 nitrogen and oxygen atoms in total. The Bertz CT molecular complexity index is 554. The molecule has 2 rings (SSSR count). The number of nitrogens with zero attached hydrogens (tertiary/aromatic N) is 1. The average molecular weight is 255 g/mol. The van der Waals surface area contributed by atoms with Gasteiger partial charge in [-0.1, -0.05) is 30.3 Å². The Morgan fingerprint density at radius 2 is 1.68 bits per heavy atom. The first-order chi connectivity index (χ1) is 8.96. The molecular weight excluding hydrogens is 238 g/mol. The van der Waals surface area contributed by atoms with Crippen molar-refractivity contribution < 1.29 is 9.53 Å². The van der Waals surface area contributed by atoms with Crippen LogP contribution in [-0.2, 0) is 0 Å². The summed E-state index contributed by atoms with van der Waals surface area (Å²) in [5.74, 6) is 0.493. The number of hydrogen-bond acceptors (Lipinski definition) is 3. The fraction of sp³-hybridized carbons (Fsp3) is 0.250. The Morgan fingerprint density at radius 1 is 1.00 bits per heavy atom. The van der Waals surface area contributed by atoms with E-state index in [4.69, 9.17) is 4.74 Å². The van der Waals surface area contributed by atoms with Gasteiger partial charge < -0.3 is 4.74 Å². The Balaban J connectivity index is 2.17. The second kappa shape index (κ2) is 5.22. The van der Waals surface area contributed by atoms with Crippen LogP contribution in [0.5, 0.6) is 5.88 Å². The highest BCUT2D eigenvalue weighted by atomic mass is 16.5. The van der Waals surface area contributed by atoms with E-state index in [2.05, 4.69) is 4.98 Å². The third kappa shape index (κ3) is 3.65. The molecule has 0 fully saturated rings.